The number of aryl methyl sites for hydroxylation is 2. The molecule has 4 aromatic rings. The van der Waals surface area contributed by atoms with E-state index in [4.69, 9.17) is 4.74 Å². The number of benzene rings is 2. The maximum absolute atomic E-state index is 12.6. The van der Waals surface area contributed by atoms with Crippen LogP contribution in [0.25, 0.3) is 22.5 Å². The van der Waals surface area contributed by atoms with E-state index < -0.39 is 0 Å². The standard InChI is InChI=1S/C26H28N4O2S2/c1-5-30-25(20-15-33-18(4)24(20)19-13-11-17(3)12-14-19)28-29-26(30)34-16-23(31)27-21-9-7-8-10-22(21)32-6-2/h7-15H,5-6,16H2,1-4H3,(H,27,31). The van der Waals surface area contributed by atoms with Gasteiger partial charge in [0.2, 0.25) is 5.91 Å². The molecule has 0 spiro atoms. The highest BCUT2D eigenvalue weighted by atomic mass is 32.2. The molecule has 2 heterocycles. The molecule has 6 nitrogen and oxygen atoms in total. The summed E-state index contributed by atoms with van der Waals surface area (Å²) in [6.07, 6.45) is 0. The molecule has 0 saturated heterocycles. The van der Waals surface area contributed by atoms with Crippen molar-refractivity contribution in [2.45, 2.75) is 39.4 Å². The number of amides is 1. The zero-order valence-electron chi connectivity index (χ0n) is 19.8. The summed E-state index contributed by atoms with van der Waals surface area (Å²) in [4.78, 5) is 13.9. The van der Waals surface area contributed by atoms with E-state index >= 15 is 0 Å². The number of nitrogens with zero attached hydrogens (tertiary/aromatic N) is 3. The molecule has 176 valence electrons. The molecule has 1 N–H and O–H groups in total. The minimum Gasteiger partial charge on any atom is -0.492 e. The Kier molecular flexibility index (Phi) is 7.70. The third-order valence-corrected chi connectivity index (χ3v) is 7.26. The van der Waals surface area contributed by atoms with Gasteiger partial charge in [0.25, 0.3) is 0 Å². The van der Waals surface area contributed by atoms with Crippen molar-refractivity contribution in [3.63, 3.8) is 0 Å². The quantitative estimate of drug-likeness (QED) is 0.272. The number of hydrogen-bond acceptors (Lipinski definition) is 6. The first-order chi connectivity index (χ1) is 16.5. The number of carbonyl (C=O) groups is 1. The molecule has 1 amide bonds. The van der Waals surface area contributed by atoms with Gasteiger partial charge in [-0.2, -0.15) is 0 Å². The first-order valence-corrected chi connectivity index (χ1v) is 13.1. The van der Waals surface area contributed by atoms with Crippen molar-refractivity contribution in [2.75, 3.05) is 17.7 Å². The first kappa shape index (κ1) is 24.0. The van der Waals surface area contributed by atoms with Crippen molar-refractivity contribution in [3.8, 4) is 28.3 Å². The predicted octanol–water partition coefficient (Wildman–Crippen LogP) is 6.44. The van der Waals surface area contributed by atoms with E-state index in [0.717, 1.165) is 16.5 Å². The molecule has 0 atom stereocenters. The second kappa shape index (κ2) is 10.9. The number of aromatic nitrogens is 3. The third-order valence-electron chi connectivity index (χ3n) is 5.38. The predicted molar refractivity (Wildman–Crippen MR) is 141 cm³/mol. The summed E-state index contributed by atoms with van der Waals surface area (Å²) in [5.41, 5.74) is 5.34. The summed E-state index contributed by atoms with van der Waals surface area (Å²) in [6, 6.07) is 16.0. The Hall–Kier alpha value is -3.10. The van der Waals surface area contributed by atoms with Crippen LogP contribution < -0.4 is 10.1 Å². The number of anilines is 1. The molecule has 0 aliphatic carbocycles. The number of thiophene rings is 1. The van der Waals surface area contributed by atoms with E-state index in [1.54, 1.807) is 11.3 Å². The van der Waals surface area contributed by atoms with Gasteiger partial charge in [0.1, 0.15) is 5.75 Å². The fraction of sp³-hybridized carbons (Fsp3) is 0.269. The third kappa shape index (κ3) is 5.18. The van der Waals surface area contributed by atoms with Crippen LogP contribution in [-0.4, -0.2) is 33.0 Å². The van der Waals surface area contributed by atoms with Crippen LogP contribution in [0.4, 0.5) is 5.69 Å². The smallest absolute Gasteiger partial charge is 0.234 e. The topological polar surface area (TPSA) is 69.0 Å². The molecular weight excluding hydrogens is 464 g/mol. The summed E-state index contributed by atoms with van der Waals surface area (Å²) in [6.45, 7) is 9.46. The lowest BCUT2D eigenvalue weighted by molar-refractivity contribution is -0.113. The molecule has 2 aromatic heterocycles. The second-order valence-electron chi connectivity index (χ2n) is 7.76. The lowest BCUT2D eigenvalue weighted by atomic mass is 10.0. The van der Waals surface area contributed by atoms with Gasteiger partial charge in [-0.05, 0) is 45.4 Å². The zero-order chi connectivity index (χ0) is 24.1. The zero-order valence-corrected chi connectivity index (χ0v) is 21.4. The maximum atomic E-state index is 12.6. The molecule has 8 heteroatoms. The summed E-state index contributed by atoms with van der Waals surface area (Å²) >= 11 is 3.10. The van der Waals surface area contributed by atoms with Crippen molar-refractivity contribution < 1.29 is 9.53 Å². The summed E-state index contributed by atoms with van der Waals surface area (Å²) in [5, 5.41) is 14.8. The molecule has 0 aliphatic heterocycles. The molecule has 34 heavy (non-hydrogen) atoms. The lowest BCUT2D eigenvalue weighted by Crippen LogP contribution is -2.15. The molecular formula is C26H28N4O2S2. The van der Waals surface area contributed by atoms with Crippen molar-refractivity contribution in [1.82, 2.24) is 14.8 Å². The van der Waals surface area contributed by atoms with Crippen LogP contribution in [0.5, 0.6) is 5.75 Å². The Morgan fingerprint density at radius 2 is 1.85 bits per heavy atom. The minimum atomic E-state index is -0.115. The van der Waals surface area contributed by atoms with Crippen molar-refractivity contribution in [2.24, 2.45) is 0 Å². The minimum absolute atomic E-state index is 0.115. The molecule has 0 fully saturated rings. The van der Waals surface area contributed by atoms with Crippen LogP contribution in [-0.2, 0) is 11.3 Å². The van der Waals surface area contributed by atoms with Crippen molar-refractivity contribution >= 4 is 34.7 Å². The van der Waals surface area contributed by atoms with Crippen LogP contribution in [0.3, 0.4) is 0 Å². The number of para-hydroxylation sites is 2. The van der Waals surface area contributed by atoms with E-state index in [9.17, 15) is 4.79 Å². The highest BCUT2D eigenvalue weighted by molar-refractivity contribution is 7.99. The largest absolute Gasteiger partial charge is 0.492 e. The number of thioether (sulfide) groups is 1. The number of carbonyl (C=O) groups excluding carboxylic acids is 1. The second-order valence-corrected chi connectivity index (χ2v) is 9.79. The Morgan fingerprint density at radius 1 is 1.09 bits per heavy atom. The fourth-order valence-electron chi connectivity index (χ4n) is 3.75. The van der Waals surface area contributed by atoms with Gasteiger partial charge in [-0.15, -0.1) is 21.5 Å². The Bertz CT molecular complexity index is 1280. The molecule has 0 aliphatic rings. The molecule has 2 aromatic carbocycles. The van der Waals surface area contributed by atoms with E-state index in [0.29, 0.717) is 24.6 Å². The van der Waals surface area contributed by atoms with E-state index in [1.165, 1.54) is 33.3 Å². The molecule has 0 bridgehead atoms. The van der Waals surface area contributed by atoms with Crippen molar-refractivity contribution in [1.29, 1.82) is 0 Å². The lowest BCUT2D eigenvalue weighted by Gasteiger charge is -2.11. The average Bonchev–Trinajstić information content (AvgIpc) is 3.42. The van der Waals surface area contributed by atoms with Crippen LogP contribution >= 0.6 is 23.1 Å². The van der Waals surface area contributed by atoms with Crippen LogP contribution in [0.1, 0.15) is 24.3 Å². The number of rotatable bonds is 9. The Balaban J connectivity index is 1.53. The normalized spacial score (nSPS) is 10.9. The van der Waals surface area contributed by atoms with E-state index in [2.05, 4.69) is 70.5 Å². The fourth-order valence-corrected chi connectivity index (χ4v) is 5.41. The number of hydrogen-bond donors (Lipinski definition) is 1. The molecule has 0 radical (unpaired) electrons. The molecule has 4 rings (SSSR count). The number of nitrogens with one attached hydrogen (secondary N) is 1. The monoisotopic (exact) mass is 492 g/mol. The SMILES string of the molecule is CCOc1ccccc1NC(=O)CSc1nnc(-c2csc(C)c2-c2ccc(C)cc2)n1CC. The number of ether oxygens (including phenoxy) is 1. The Morgan fingerprint density at radius 3 is 2.59 bits per heavy atom. The van der Waals surface area contributed by atoms with Gasteiger partial charge >= 0.3 is 0 Å². The molecule has 0 saturated carbocycles. The van der Waals surface area contributed by atoms with Gasteiger partial charge in [-0.3, -0.25) is 4.79 Å². The van der Waals surface area contributed by atoms with Crippen molar-refractivity contribution in [3.05, 3.63) is 64.4 Å². The van der Waals surface area contributed by atoms with Gasteiger partial charge in [-0.25, -0.2) is 0 Å². The maximum Gasteiger partial charge on any atom is 0.234 e. The average molecular weight is 493 g/mol. The highest BCUT2D eigenvalue weighted by Crippen LogP contribution is 2.39. The van der Waals surface area contributed by atoms with Gasteiger partial charge in [-0.1, -0.05) is 53.7 Å². The van der Waals surface area contributed by atoms with Gasteiger partial charge in [0, 0.05) is 27.9 Å². The van der Waals surface area contributed by atoms with Gasteiger partial charge in [0.05, 0.1) is 18.0 Å². The van der Waals surface area contributed by atoms with Crippen LogP contribution in [0.2, 0.25) is 0 Å². The van der Waals surface area contributed by atoms with E-state index in [-0.39, 0.29) is 11.7 Å². The van der Waals surface area contributed by atoms with Crippen LogP contribution in [0, 0.1) is 13.8 Å². The summed E-state index contributed by atoms with van der Waals surface area (Å²) in [7, 11) is 0. The van der Waals surface area contributed by atoms with Gasteiger partial charge in [0.15, 0.2) is 11.0 Å². The highest BCUT2D eigenvalue weighted by Gasteiger charge is 2.20. The summed E-state index contributed by atoms with van der Waals surface area (Å²) in [5.74, 6) is 1.61. The van der Waals surface area contributed by atoms with E-state index in [1.807, 2.05) is 31.2 Å². The summed E-state index contributed by atoms with van der Waals surface area (Å²) < 4.78 is 7.67. The van der Waals surface area contributed by atoms with Crippen LogP contribution in [0.15, 0.2) is 59.1 Å². The van der Waals surface area contributed by atoms with Gasteiger partial charge < -0.3 is 14.6 Å². The Labute approximate surface area is 208 Å². The molecule has 0 unspecified atom stereocenters. The first-order valence-electron chi connectivity index (χ1n) is 11.2.